The van der Waals surface area contributed by atoms with Crippen LogP contribution in [0.1, 0.15) is 53.0 Å². The third-order valence-corrected chi connectivity index (χ3v) is 6.16. The minimum absolute atomic E-state index is 0.0120. The Kier molecular flexibility index (Phi) is 10.1. The summed E-state index contributed by atoms with van der Waals surface area (Å²) in [6, 6.07) is 23.4. The third-order valence-electron chi connectivity index (χ3n) is 6.16. The van der Waals surface area contributed by atoms with Crippen LogP contribution in [0, 0.1) is 16.9 Å². The zero-order valence-corrected chi connectivity index (χ0v) is 22.8. The Morgan fingerprint density at radius 2 is 1.65 bits per heavy atom. The van der Waals surface area contributed by atoms with E-state index >= 15 is 0 Å². The maximum absolute atomic E-state index is 9.29. The summed E-state index contributed by atoms with van der Waals surface area (Å²) in [6.07, 6.45) is 1.96. The number of benzene rings is 3. The number of nitrogens with one attached hydrogen (secondary N) is 1. The highest BCUT2D eigenvalue weighted by Gasteiger charge is 2.18. The maximum Gasteiger partial charge on any atom is 0.148 e. The van der Waals surface area contributed by atoms with Gasteiger partial charge in [0.15, 0.2) is 0 Å². The Labute approximate surface area is 221 Å². The first-order valence-electron chi connectivity index (χ1n) is 13.0. The van der Waals surface area contributed by atoms with Crippen molar-refractivity contribution in [2.75, 3.05) is 18.1 Å². The van der Waals surface area contributed by atoms with Gasteiger partial charge in [-0.05, 0) is 73.1 Å². The average Bonchev–Trinajstić information content (AvgIpc) is 2.87. The summed E-state index contributed by atoms with van der Waals surface area (Å²) < 4.78 is 12.4. The van der Waals surface area contributed by atoms with Gasteiger partial charge in [-0.2, -0.15) is 5.11 Å². The van der Waals surface area contributed by atoms with Gasteiger partial charge in [0.05, 0.1) is 19.8 Å². The average molecular weight is 504 g/mol. The Hall–Kier alpha value is -3.38. The van der Waals surface area contributed by atoms with Gasteiger partial charge < -0.3 is 19.5 Å². The van der Waals surface area contributed by atoms with Gasteiger partial charge in [0.1, 0.15) is 23.3 Å². The molecule has 0 amide bonds. The van der Waals surface area contributed by atoms with Crippen molar-refractivity contribution in [3.05, 3.63) is 78.4 Å². The lowest BCUT2D eigenvalue weighted by Crippen LogP contribution is -2.30. The molecular formula is C31H41N3O3. The first kappa shape index (κ1) is 28.2. The fourth-order valence-electron chi connectivity index (χ4n) is 4.56. The van der Waals surface area contributed by atoms with Gasteiger partial charge >= 0.3 is 0 Å². The van der Waals surface area contributed by atoms with Gasteiger partial charge in [0, 0.05) is 17.4 Å². The molecule has 0 saturated heterocycles. The Balaban J connectivity index is 1.78. The second-order valence-corrected chi connectivity index (χ2v) is 10.9. The van der Waals surface area contributed by atoms with Crippen LogP contribution in [0.25, 0.3) is 0 Å². The van der Waals surface area contributed by atoms with Crippen molar-refractivity contribution >= 4 is 17.1 Å². The second kappa shape index (κ2) is 13.2. The number of anilines is 2. The summed E-state index contributed by atoms with van der Waals surface area (Å²) in [5, 5.41) is 13.0. The molecular weight excluding hydrogens is 462 g/mol. The van der Waals surface area contributed by atoms with E-state index in [9.17, 15) is 5.11 Å². The number of rotatable bonds is 13. The highest BCUT2D eigenvalue weighted by atomic mass is 16.5. The molecule has 0 bridgehead atoms. The zero-order valence-electron chi connectivity index (χ0n) is 22.8. The molecule has 3 aromatic carbocycles. The van der Waals surface area contributed by atoms with E-state index < -0.39 is 0 Å². The van der Waals surface area contributed by atoms with E-state index in [4.69, 9.17) is 15.0 Å². The van der Waals surface area contributed by atoms with Gasteiger partial charge in [-0.15, -0.1) is 0 Å². The van der Waals surface area contributed by atoms with E-state index in [0.29, 0.717) is 30.5 Å². The van der Waals surface area contributed by atoms with E-state index in [2.05, 4.69) is 49.8 Å². The third kappa shape index (κ3) is 8.90. The Morgan fingerprint density at radius 3 is 2.27 bits per heavy atom. The van der Waals surface area contributed by atoms with Crippen molar-refractivity contribution in [1.29, 1.82) is 5.53 Å². The Bertz CT molecular complexity index is 1110. The molecule has 0 aliphatic rings. The van der Waals surface area contributed by atoms with Gasteiger partial charge in [0.2, 0.25) is 0 Å². The number of aliphatic hydroxyl groups excluding tert-OH is 1. The van der Waals surface area contributed by atoms with Crippen molar-refractivity contribution in [1.82, 2.24) is 0 Å². The van der Waals surface area contributed by atoms with E-state index in [1.807, 2.05) is 67.6 Å². The predicted octanol–water partition coefficient (Wildman–Crippen LogP) is 8.29. The Morgan fingerprint density at radius 1 is 0.946 bits per heavy atom. The smallest absolute Gasteiger partial charge is 0.148 e. The number of hydrogen-bond donors (Lipinski definition) is 2. The zero-order chi connectivity index (χ0) is 26.8. The number of aliphatic hydroxyl groups is 1. The first-order valence-corrected chi connectivity index (χ1v) is 13.0. The number of nitrogens with zero attached hydrogens (tertiary/aromatic N) is 2. The molecule has 2 atom stereocenters. The second-order valence-electron chi connectivity index (χ2n) is 10.9. The van der Waals surface area contributed by atoms with E-state index in [-0.39, 0.29) is 18.1 Å². The summed E-state index contributed by atoms with van der Waals surface area (Å²) in [5.74, 6) is 1.92. The van der Waals surface area contributed by atoms with Crippen LogP contribution in [0.2, 0.25) is 0 Å². The maximum atomic E-state index is 9.29. The quantitative estimate of drug-likeness (QED) is 0.230. The highest BCUT2D eigenvalue weighted by Crippen LogP contribution is 2.36. The fraction of sp³-hybridized carbons (Fsp3) is 0.419. The van der Waals surface area contributed by atoms with Crippen LogP contribution in [-0.4, -0.2) is 24.4 Å². The minimum atomic E-state index is -0.122. The molecule has 0 aliphatic heterocycles. The van der Waals surface area contributed by atoms with Gasteiger partial charge in [-0.25, -0.2) is 5.53 Å². The monoisotopic (exact) mass is 503 g/mol. The molecule has 2 N–H and O–H groups in total. The van der Waals surface area contributed by atoms with Crippen molar-refractivity contribution in [2.24, 2.45) is 16.4 Å². The van der Waals surface area contributed by atoms with Gasteiger partial charge in [-0.3, -0.25) is 0 Å². The van der Waals surface area contributed by atoms with Crippen LogP contribution in [0.15, 0.2) is 77.9 Å². The highest BCUT2D eigenvalue weighted by molar-refractivity contribution is 5.68. The predicted molar refractivity (Wildman–Crippen MR) is 151 cm³/mol. The van der Waals surface area contributed by atoms with E-state index in [0.717, 1.165) is 35.5 Å². The molecule has 0 aromatic heterocycles. The number of para-hydroxylation sites is 1. The molecule has 0 fully saturated rings. The lowest BCUT2D eigenvalue weighted by atomic mass is 9.84. The molecule has 0 saturated carbocycles. The lowest BCUT2D eigenvalue weighted by molar-refractivity contribution is 0.229. The largest absolute Gasteiger partial charge is 0.491 e. The molecule has 3 rings (SSSR count). The summed E-state index contributed by atoms with van der Waals surface area (Å²) >= 11 is 0. The standard InChI is InChI=1S/C31H41N3O3/c1-23(20-31(3,4)5)17-18-36-30-19-27(13-16-29(30)33-32)34(26-9-7-6-8-10-26)21-24(2)37-28-14-11-25(22-35)12-15-28/h6-16,19,23-24,32,35H,17-18,20-22H2,1-5H3. The fourth-order valence-corrected chi connectivity index (χ4v) is 4.56. The molecule has 37 heavy (non-hydrogen) atoms. The topological polar surface area (TPSA) is 78.1 Å². The van der Waals surface area contributed by atoms with Gasteiger partial charge in [0.25, 0.3) is 0 Å². The molecule has 6 nitrogen and oxygen atoms in total. The molecule has 2 unspecified atom stereocenters. The normalized spacial score (nSPS) is 13.0. The van der Waals surface area contributed by atoms with Crippen LogP contribution in [0.3, 0.4) is 0 Å². The van der Waals surface area contributed by atoms with Crippen LogP contribution >= 0.6 is 0 Å². The summed E-state index contributed by atoms with van der Waals surface area (Å²) in [6.45, 7) is 12.3. The molecule has 0 spiro atoms. The molecule has 3 aromatic rings. The molecule has 198 valence electrons. The molecule has 0 heterocycles. The van der Waals surface area contributed by atoms with Crippen LogP contribution in [0.4, 0.5) is 17.1 Å². The summed E-state index contributed by atoms with van der Waals surface area (Å²) in [4.78, 5) is 2.19. The van der Waals surface area contributed by atoms with Crippen molar-refractivity contribution in [2.45, 2.75) is 60.2 Å². The SMILES string of the molecule is CC(CCOc1cc(N(CC(C)Oc2ccc(CO)cc2)c2ccccc2)ccc1N=N)CC(C)(C)C. The number of hydrogen-bond acceptors (Lipinski definition) is 6. The van der Waals surface area contributed by atoms with E-state index in [1.54, 1.807) is 0 Å². The van der Waals surface area contributed by atoms with Crippen LogP contribution in [0.5, 0.6) is 11.5 Å². The van der Waals surface area contributed by atoms with Crippen molar-refractivity contribution in [3.8, 4) is 11.5 Å². The minimum Gasteiger partial charge on any atom is -0.491 e. The summed E-state index contributed by atoms with van der Waals surface area (Å²) in [5.41, 5.74) is 11.3. The molecule has 0 radical (unpaired) electrons. The first-order chi connectivity index (χ1) is 17.7. The molecule has 0 aliphatic carbocycles. The molecule has 6 heteroatoms. The summed E-state index contributed by atoms with van der Waals surface area (Å²) in [7, 11) is 0. The lowest BCUT2D eigenvalue weighted by Gasteiger charge is -2.29. The number of ether oxygens (including phenoxy) is 2. The van der Waals surface area contributed by atoms with Crippen molar-refractivity contribution < 1.29 is 14.6 Å². The van der Waals surface area contributed by atoms with Crippen molar-refractivity contribution in [3.63, 3.8) is 0 Å². The van der Waals surface area contributed by atoms with Crippen LogP contribution < -0.4 is 14.4 Å². The van der Waals surface area contributed by atoms with Gasteiger partial charge in [-0.1, -0.05) is 58.0 Å². The van der Waals surface area contributed by atoms with E-state index in [1.165, 1.54) is 0 Å². The van der Waals surface area contributed by atoms with Crippen LogP contribution in [-0.2, 0) is 6.61 Å².